The van der Waals surface area contributed by atoms with Gasteiger partial charge >= 0.3 is 0 Å². The molecule has 0 aromatic heterocycles. The minimum Gasteiger partial charge on any atom is -0.409 e. The van der Waals surface area contributed by atoms with Crippen molar-refractivity contribution in [2.45, 2.75) is 97.4 Å². The first-order valence-electron chi connectivity index (χ1n) is 10.0. The summed E-state index contributed by atoms with van der Waals surface area (Å²) in [5.74, 6) is 6.72. The summed E-state index contributed by atoms with van der Waals surface area (Å²) < 4.78 is 6.95. The molecule has 25 heavy (non-hydrogen) atoms. The van der Waals surface area contributed by atoms with Crippen LogP contribution in [0.1, 0.15) is 91.9 Å². The quantitative estimate of drug-likeness (QED) is 0.266. The van der Waals surface area contributed by atoms with Crippen LogP contribution in [0.5, 0.6) is 0 Å². The monoisotopic (exact) mass is 358 g/mol. The molecule has 1 unspecified atom stereocenters. The van der Waals surface area contributed by atoms with Crippen LogP contribution in [0.15, 0.2) is 24.3 Å². The van der Waals surface area contributed by atoms with Crippen LogP contribution < -0.4 is 0 Å². The van der Waals surface area contributed by atoms with Gasteiger partial charge in [-0.3, -0.25) is 0 Å². The molecule has 0 bridgehead atoms. The first-order valence-corrected chi connectivity index (χ1v) is 12.2. The van der Waals surface area contributed by atoms with Crippen molar-refractivity contribution in [1.82, 2.24) is 0 Å². The van der Waals surface area contributed by atoms with E-state index in [-0.39, 0.29) is 6.10 Å². The molecule has 1 nitrogen and oxygen atoms in total. The van der Waals surface area contributed by atoms with Gasteiger partial charge in [0.25, 0.3) is 0 Å². The molecule has 0 aliphatic rings. The number of benzene rings is 1. The molecule has 1 rings (SSSR count). The Morgan fingerprint density at radius 2 is 1.48 bits per heavy atom. The number of unbranched alkanes of at least 4 members (excludes halogenated alkanes) is 2. The molecular formula is C23H38OSi. The molecule has 140 valence electrons. The van der Waals surface area contributed by atoms with Crippen LogP contribution >= 0.6 is 0 Å². The van der Waals surface area contributed by atoms with Gasteiger partial charge in [-0.15, -0.1) is 0 Å². The lowest BCUT2D eigenvalue weighted by atomic mass is 10.0. The molecule has 0 radical (unpaired) electrons. The molecule has 0 aliphatic heterocycles. The van der Waals surface area contributed by atoms with E-state index in [0.29, 0.717) is 16.6 Å². The van der Waals surface area contributed by atoms with Gasteiger partial charge in [0.15, 0.2) is 0 Å². The van der Waals surface area contributed by atoms with Crippen LogP contribution in [0.25, 0.3) is 0 Å². The van der Waals surface area contributed by atoms with Gasteiger partial charge in [-0.25, -0.2) is 0 Å². The lowest BCUT2D eigenvalue weighted by molar-refractivity contribution is 0.194. The van der Waals surface area contributed by atoms with Crippen LogP contribution in [0, 0.1) is 11.8 Å². The van der Waals surface area contributed by atoms with Crippen molar-refractivity contribution in [3.8, 4) is 11.8 Å². The Morgan fingerprint density at radius 1 is 0.920 bits per heavy atom. The minimum atomic E-state index is -1.89. The van der Waals surface area contributed by atoms with Crippen molar-refractivity contribution in [3.63, 3.8) is 0 Å². The van der Waals surface area contributed by atoms with Crippen LogP contribution in [0.3, 0.4) is 0 Å². The third-order valence-electron chi connectivity index (χ3n) is 5.37. The van der Waals surface area contributed by atoms with Crippen LogP contribution in [-0.2, 0) is 4.43 Å². The Bertz CT molecular complexity index is 555. The van der Waals surface area contributed by atoms with E-state index in [9.17, 15) is 0 Å². The predicted molar refractivity (Wildman–Crippen MR) is 113 cm³/mol. The molecule has 0 fully saturated rings. The highest BCUT2D eigenvalue weighted by Gasteiger charge is 2.46. The second-order valence-electron chi connectivity index (χ2n) is 8.07. The summed E-state index contributed by atoms with van der Waals surface area (Å²) in [5, 5.41) is 0. The zero-order valence-electron chi connectivity index (χ0n) is 17.6. The number of hydrogen-bond acceptors (Lipinski definition) is 1. The maximum Gasteiger partial charge on any atom is 0.201 e. The van der Waals surface area contributed by atoms with Crippen molar-refractivity contribution in [1.29, 1.82) is 0 Å². The van der Waals surface area contributed by atoms with Gasteiger partial charge in [-0.1, -0.05) is 84.9 Å². The van der Waals surface area contributed by atoms with Crippen LogP contribution in [-0.4, -0.2) is 8.32 Å². The molecule has 2 heteroatoms. The lowest BCUT2D eigenvalue weighted by Crippen LogP contribution is -2.48. The fraction of sp³-hybridized carbons (Fsp3) is 0.652. The first kappa shape index (κ1) is 22.0. The number of rotatable bonds is 8. The van der Waals surface area contributed by atoms with E-state index >= 15 is 0 Å². The SMILES string of the molecule is CCCCC#Cc1ccccc1C(C)O[Si](C(C)C)(C(C)C)C(C)C. The van der Waals surface area contributed by atoms with E-state index in [2.05, 4.69) is 91.5 Å². The lowest BCUT2D eigenvalue weighted by Gasteiger charge is -2.44. The van der Waals surface area contributed by atoms with Gasteiger partial charge in [-0.05, 0) is 41.6 Å². The third kappa shape index (κ3) is 5.46. The Kier molecular flexibility index (Phi) is 8.97. The van der Waals surface area contributed by atoms with E-state index in [4.69, 9.17) is 4.43 Å². The smallest absolute Gasteiger partial charge is 0.201 e. The second kappa shape index (κ2) is 10.2. The summed E-state index contributed by atoms with van der Waals surface area (Å²) in [7, 11) is -1.89. The Morgan fingerprint density at radius 3 is 2.00 bits per heavy atom. The molecule has 0 aliphatic carbocycles. The number of hydrogen-bond donors (Lipinski definition) is 0. The van der Waals surface area contributed by atoms with Crippen LogP contribution in [0.2, 0.25) is 16.6 Å². The fourth-order valence-corrected chi connectivity index (χ4v) is 9.72. The molecular weight excluding hydrogens is 320 g/mol. The second-order valence-corrected chi connectivity index (χ2v) is 13.5. The maximum absolute atomic E-state index is 6.95. The Labute approximate surface area is 157 Å². The Balaban J connectivity index is 3.13. The van der Waals surface area contributed by atoms with Crippen molar-refractivity contribution in [2.75, 3.05) is 0 Å². The normalized spacial score (nSPS) is 13.2. The average molecular weight is 359 g/mol. The molecule has 1 aromatic rings. The topological polar surface area (TPSA) is 9.23 Å². The standard InChI is InChI=1S/C23H38OSi/c1-9-10-11-12-15-22-16-13-14-17-23(22)21(8)24-25(18(2)3,19(4)5)20(6)7/h13-14,16-21H,9-11H2,1-8H3. The highest BCUT2D eigenvalue weighted by molar-refractivity contribution is 6.77. The van der Waals surface area contributed by atoms with Gasteiger partial charge in [-0.2, -0.15) is 0 Å². The summed E-state index contributed by atoms with van der Waals surface area (Å²) in [5.41, 5.74) is 4.16. The predicted octanol–water partition coefficient (Wildman–Crippen LogP) is 7.48. The van der Waals surface area contributed by atoms with Crippen molar-refractivity contribution in [2.24, 2.45) is 0 Å². The summed E-state index contributed by atoms with van der Waals surface area (Å²) in [6, 6.07) is 8.51. The summed E-state index contributed by atoms with van der Waals surface area (Å²) in [6.07, 6.45) is 3.44. The molecule has 0 heterocycles. The van der Waals surface area contributed by atoms with E-state index in [0.717, 1.165) is 12.0 Å². The summed E-state index contributed by atoms with van der Waals surface area (Å²) in [6.45, 7) is 18.5. The zero-order chi connectivity index (χ0) is 19.0. The zero-order valence-corrected chi connectivity index (χ0v) is 18.6. The van der Waals surface area contributed by atoms with E-state index in [1.165, 1.54) is 18.4 Å². The molecule has 1 atom stereocenters. The van der Waals surface area contributed by atoms with E-state index in [1.807, 2.05) is 0 Å². The first-order chi connectivity index (χ1) is 11.8. The Hall–Kier alpha value is -1.04. The third-order valence-corrected chi connectivity index (χ3v) is 11.5. The largest absolute Gasteiger partial charge is 0.409 e. The van der Waals surface area contributed by atoms with Gasteiger partial charge in [0, 0.05) is 12.0 Å². The van der Waals surface area contributed by atoms with Crippen molar-refractivity contribution >= 4 is 8.32 Å². The van der Waals surface area contributed by atoms with Crippen molar-refractivity contribution in [3.05, 3.63) is 35.4 Å². The highest BCUT2D eigenvalue weighted by atomic mass is 28.4. The molecule has 0 amide bonds. The summed E-state index contributed by atoms with van der Waals surface area (Å²) >= 11 is 0. The average Bonchev–Trinajstić information content (AvgIpc) is 2.55. The van der Waals surface area contributed by atoms with E-state index in [1.54, 1.807) is 0 Å². The molecule has 0 spiro atoms. The molecule has 1 aromatic carbocycles. The van der Waals surface area contributed by atoms with Gasteiger partial charge in [0.05, 0.1) is 6.10 Å². The summed E-state index contributed by atoms with van der Waals surface area (Å²) in [4.78, 5) is 0. The minimum absolute atomic E-state index is 0.0931. The van der Waals surface area contributed by atoms with E-state index < -0.39 is 8.32 Å². The molecule has 0 saturated carbocycles. The molecule has 0 saturated heterocycles. The fourth-order valence-electron chi connectivity index (χ4n) is 4.17. The van der Waals surface area contributed by atoms with Gasteiger partial charge < -0.3 is 4.43 Å². The van der Waals surface area contributed by atoms with Crippen molar-refractivity contribution < 1.29 is 4.43 Å². The highest BCUT2D eigenvalue weighted by Crippen LogP contribution is 2.45. The maximum atomic E-state index is 6.95. The van der Waals surface area contributed by atoms with Gasteiger partial charge in [0.1, 0.15) is 0 Å². The van der Waals surface area contributed by atoms with Crippen LogP contribution in [0.4, 0.5) is 0 Å². The van der Waals surface area contributed by atoms with Gasteiger partial charge in [0.2, 0.25) is 8.32 Å². The molecule has 0 N–H and O–H groups in total.